The van der Waals surface area contributed by atoms with Crippen molar-refractivity contribution in [3.05, 3.63) is 140 Å². The Labute approximate surface area is 278 Å². The molecular weight excluding hydrogens is 601 g/mol. The van der Waals surface area contributed by atoms with Gasteiger partial charge < -0.3 is 4.42 Å². The largest absolute Gasteiger partial charge is 0.455 e. The van der Waals surface area contributed by atoms with Gasteiger partial charge in [-0.1, -0.05) is 134 Å². The molecule has 0 N–H and O–H groups in total. The minimum atomic E-state index is -1.46. The summed E-state index contributed by atoms with van der Waals surface area (Å²) >= 11 is 0. The lowest BCUT2D eigenvalue weighted by Gasteiger charge is -2.17. The Hall–Kier alpha value is -5.71. The van der Waals surface area contributed by atoms with Crippen LogP contribution in [0.1, 0.15) is 0 Å². The van der Waals surface area contributed by atoms with Gasteiger partial charge in [0, 0.05) is 21.5 Å². The normalized spacial score (nSPS) is 12.5. The summed E-state index contributed by atoms with van der Waals surface area (Å²) in [5, 5.41) is 13.3. The van der Waals surface area contributed by atoms with Crippen molar-refractivity contribution in [2.45, 2.75) is 19.6 Å². The molecule has 3 nitrogen and oxygen atoms in total. The van der Waals surface area contributed by atoms with Gasteiger partial charge in [-0.15, -0.1) is 0 Å². The number of nitrogens with zero attached hydrogens (tertiary/aromatic N) is 2. The fourth-order valence-electron chi connectivity index (χ4n) is 7.74. The Balaban J connectivity index is 1.39. The van der Waals surface area contributed by atoms with Crippen molar-refractivity contribution in [3.63, 3.8) is 0 Å². The van der Waals surface area contributed by atoms with E-state index in [-0.39, 0.29) is 0 Å². The molecule has 0 radical (unpaired) electrons. The van der Waals surface area contributed by atoms with E-state index in [2.05, 4.69) is 164 Å². The molecule has 0 spiro atoms. The fourth-order valence-corrected chi connectivity index (χ4v) is 8.92. The van der Waals surface area contributed by atoms with E-state index in [1.807, 2.05) is 0 Å². The first-order valence-electron chi connectivity index (χ1n) is 16.6. The monoisotopic (exact) mass is 632 g/mol. The van der Waals surface area contributed by atoms with Gasteiger partial charge in [0.25, 0.3) is 0 Å². The molecule has 3 heterocycles. The molecule has 0 saturated heterocycles. The number of benzene rings is 7. The Kier molecular flexibility index (Phi) is 5.65. The van der Waals surface area contributed by atoms with E-state index in [1.54, 1.807) is 0 Å². The molecule has 3 aromatic heterocycles. The van der Waals surface area contributed by atoms with E-state index in [4.69, 9.17) is 9.40 Å². The number of hydrogen-bond acceptors (Lipinski definition) is 2. The molecule has 0 atom stereocenters. The number of aromatic nitrogens is 2. The quantitative estimate of drug-likeness (QED) is 0.178. The average Bonchev–Trinajstić information content (AvgIpc) is 3.69. The molecule has 10 aromatic rings. The molecule has 7 aromatic carbocycles. The van der Waals surface area contributed by atoms with Crippen LogP contribution < -0.4 is 5.19 Å². The molecule has 228 valence electrons. The first-order valence-corrected chi connectivity index (χ1v) is 20.1. The van der Waals surface area contributed by atoms with Crippen LogP contribution in [0.2, 0.25) is 19.6 Å². The van der Waals surface area contributed by atoms with Crippen molar-refractivity contribution < 1.29 is 4.42 Å². The minimum Gasteiger partial charge on any atom is -0.455 e. The van der Waals surface area contributed by atoms with Crippen molar-refractivity contribution >= 4 is 94.8 Å². The van der Waals surface area contributed by atoms with E-state index in [9.17, 15) is 0 Å². The lowest BCUT2D eigenvalue weighted by atomic mass is 10.0. The highest BCUT2D eigenvalue weighted by Gasteiger charge is 2.21. The van der Waals surface area contributed by atoms with Crippen molar-refractivity contribution in [1.82, 2.24) is 9.38 Å². The Morgan fingerprint density at radius 2 is 1.15 bits per heavy atom. The van der Waals surface area contributed by atoms with Gasteiger partial charge >= 0.3 is 0 Å². The van der Waals surface area contributed by atoms with Gasteiger partial charge in [-0.25, -0.2) is 4.98 Å². The van der Waals surface area contributed by atoms with E-state index >= 15 is 0 Å². The minimum absolute atomic E-state index is 0.861. The smallest absolute Gasteiger partial charge is 0.149 e. The van der Waals surface area contributed by atoms with E-state index in [0.717, 1.165) is 55.3 Å². The van der Waals surface area contributed by atoms with Gasteiger partial charge in [0.15, 0.2) is 0 Å². The van der Waals surface area contributed by atoms with Crippen LogP contribution in [0.4, 0.5) is 0 Å². The molecule has 0 aliphatic heterocycles. The lowest BCUT2D eigenvalue weighted by Crippen LogP contribution is -2.37. The molecular formula is C44H32N2OSi. The van der Waals surface area contributed by atoms with Crippen LogP contribution >= 0.6 is 0 Å². The molecule has 10 rings (SSSR count). The molecule has 0 saturated carbocycles. The summed E-state index contributed by atoms with van der Waals surface area (Å²) in [6.45, 7) is 7.19. The standard InChI is InChI=1S/C44H32N2OSi/c1-48(2,3)29-23-22-27-25-38-36-18-10-19-37(43(36)47-41(38)26-28(27)24-29)44-45-39-20-11-17-35-33-15-7-5-13-31(33)30-12-4-6-14-32(30)34-16-8-9-21-40(34)46(44)42(35)39/h4-26H,1-3H3. The van der Waals surface area contributed by atoms with E-state index in [0.29, 0.717) is 0 Å². The van der Waals surface area contributed by atoms with Gasteiger partial charge in [-0.3, -0.25) is 4.40 Å². The zero-order chi connectivity index (χ0) is 32.1. The zero-order valence-electron chi connectivity index (χ0n) is 27.1. The molecule has 4 heteroatoms. The lowest BCUT2D eigenvalue weighted by molar-refractivity contribution is 0.670. The van der Waals surface area contributed by atoms with Crippen LogP contribution in [0, 0.1) is 0 Å². The highest BCUT2D eigenvalue weighted by Crippen LogP contribution is 2.41. The number of furan rings is 1. The van der Waals surface area contributed by atoms with Crippen LogP contribution in [-0.4, -0.2) is 17.5 Å². The van der Waals surface area contributed by atoms with Crippen LogP contribution in [0.3, 0.4) is 0 Å². The SMILES string of the molecule is C[Si](C)(C)c1ccc2cc3c(cc2c1)oc1c(-c2nc4cccc5c6ccccc6c6ccccc6c6ccccc6n2c45)cccc13. The fraction of sp³-hybridized carbons (Fsp3) is 0.0682. The van der Waals surface area contributed by atoms with Gasteiger partial charge in [-0.05, 0) is 62.6 Å². The summed E-state index contributed by atoms with van der Waals surface area (Å²) < 4.78 is 9.23. The second kappa shape index (κ2) is 9.90. The Morgan fingerprint density at radius 3 is 1.90 bits per heavy atom. The third-order valence-electron chi connectivity index (χ3n) is 10.1. The summed E-state index contributed by atoms with van der Waals surface area (Å²) in [5.41, 5.74) is 5.89. The van der Waals surface area contributed by atoms with Crippen LogP contribution in [0.5, 0.6) is 0 Å². The Morgan fingerprint density at radius 1 is 0.521 bits per heavy atom. The summed E-state index contributed by atoms with van der Waals surface area (Å²) in [6.07, 6.45) is 0. The maximum atomic E-state index is 6.85. The van der Waals surface area contributed by atoms with E-state index in [1.165, 1.54) is 42.9 Å². The third kappa shape index (κ3) is 3.90. The highest BCUT2D eigenvalue weighted by molar-refractivity contribution is 6.88. The predicted molar refractivity (Wildman–Crippen MR) is 207 cm³/mol. The van der Waals surface area contributed by atoms with Crippen molar-refractivity contribution in [1.29, 1.82) is 0 Å². The topological polar surface area (TPSA) is 30.4 Å². The van der Waals surface area contributed by atoms with Gasteiger partial charge in [0.2, 0.25) is 0 Å². The number of para-hydroxylation sites is 3. The first kappa shape index (κ1) is 27.4. The average molecular weight is 633 g/mol. The number of fused-ring (bicyclic) bond motifs is 11. The van der Waals surface area contributed by atoms with Crippen LogP contribution in [0.15, 0.2) is 144 Å². The molecule has 0 unspecified atom stereocenters. The maximum absolute atomic E-state index is 6.85. The maximum Gasteiger partial charge on any atom is 0.149 e. The zero-order valence-corrected chi connectivity index (χ0v) is 28.1. The van der Waals surface area contributed by atoms with Crippen molar-refractivity contribution in [3.8, 4) is 11.4 Å². The van der Waals surface area contributed by atoms with Gasteiger partial charge in [0.1, 0.15) is 17.0 Å². The van der Waals surface area contributed by atoms with Crippen LogP contribution in [0.25, 0.3) is 93.0 Å². The molecule has 0 fully saturated rings. The van der Waals surface area contributed by atoms with Crippen molar-refractivity contribution in [2.24, 2.45) is 0 Å². The summed E-state index contributed by atoms with van der Waals surface area (Å²) in [4.78, 5) is 5.42. The second-order valence-electron chi connectivity index (χ2n) is 14.0. The molecule has 0 aliphatic rings. The van der Waals surface area contributed by atoms with Crippen LogP contribution in [-0.2, 0) is 0 Å². The van der Waals surface area contributed by atoms with Gasteiger partial charge in [0.05, 0.1) is 30.2 Å². The van der Waals surface area contributed by atoms with Gasteiger partial charge in [-0.2, -0.15) is 0 Å². The highest BCUT2D eigenvalue weighted by atomic mass is 28.3. The number of hydrogen-bond donors (Lipinski definition) is 0. The van der Waals surface area contributed by atoms with E-state index < -0.39 is 8.07 Å². The summed E-state index contributed by atoms with van der Waals surface area (Å²) in [7, 11) is -1.46. The Bertz CT molecular complexity index is 3000. The summed E-state index contributed by atoms with van der Waals surface area (Å²) in [5.74, 6) is 0.872. The molecule has 0 bridgehead atoms. The second-order valence-corrected chi connectivity index (χ2v) is 19.1. The number of rotatable bonds is 2. The predicted octanol–water partition coefficient (Wildman–Crippen LogP) is 11.8. The molecule has 0 aliphatic carbocycles. The number of imidazole rings is 1. The summed E-state index contributed by atoms with van der Waals surface area (Å²) in [6, 6.07) is 50.7. The molecule has 0 amide bonds. The third-order valence-corrected chi connectivity index (χ3v) is 12.2. The first-order chi connectivity index (χ1) is 23.4. The molecule has 48 heavy (non-hydrogen) atoms. The van der Waals surface area contributed by atoms with Crippen molar-refractivity contribution in [2.75, 3.05) is 0 Å².